The lowest BCUT2D eigenvalue weighted by Gasteiger charge is -2.01. The molecule has 2 nitrogen and oxygen atoms in total. The molecule has 2 aromatic rings. The van der Waals surface area contributed by atoms with Crippen molar-refractivity contribution in [1.82, 2.24) is 10.3 Å². The smallest absolute Gasteiger partial charge is 0.107 e. The van der Waals surface area contributed by atoms with Crippen LogP contribution in [0.1, 0.15) is 36.8 Å². The minimum absolute atomic E-state index is 0.912. The molecule has 1 heterocycles. The Morgan fingerprint density at radius 1 is 1.25 bits per heavy atom. The second-order valence-corrected chi connectivity index (χ2v) is 6.59. The number of aryl methyl sites for hydroxylation is 1. The number of hydrogen-bond donors (Lipinski definition) is 1. The Labute approximate surface area is 125 Å². The van der Waals surface area contributed by atoms with E-state index in [9.17, 15) is 0 Å². The summed E-state index contributed by atoms with van der Waals surface area (Å²) in [6.45, 7) is 4.28. The molecule has 1 aliphatic carbocycles. The maximum absolute atomic E-state index is 4.73. The molecule has 1 saturated carbocycles. The number of thiazole rings is 1. The zero-order chi connectivity index (χ0) is 13.8. The lowest BCUT2D eigenvalue weighted by molar-refractivity contribution is 0.637. The van der Waals surface area contributed by atoms with Gasteiger partial charge in [0, 0.05) is 17.5 Å². The summed E-state index contributed by atoms with van der Waals surface area (Å²) in [5.74, 6) is 0.931. The minimum Gasteiger partial charge on any atom is -0.310 e. The monoisotopic (exact) mass is 286 g/mol. The highest BCUT2D eigenvalue weighted by atomic mass is 32.1. The predicted octanol–water partition coefficient (Wildman–Crippen LogP) is 4.26. The zero-order valence-electron chi connectivity index (χ0n) is 12.1. The predicted molar refractivity (Wildman–Crippen MR) is 86.0 cm³/mol. The maximum Gasteiger partial charge on any atom is 0.107 e. The summed E-state index contributed by atoms with van der Waals surface area (Å²) in [7, 11) is 0. The van der Waals surface area contributed by atoms with E-state index in [1.165, 1.54) is 35.4 Å². The van der Waals surface area contributed by atoms with E-state index in [1.807, 2.05) is 0 Å². The molecule has 1 N–H and O–H groups in total. The van der Waals surface area contributed by atoms with E-state index in [4.69, 9.17) is 4.98 Å². The van der Waals surface area contributed by atoms with E-state index in [0.717, 1.165) is 31.1 Å². The van der Waals surface area contributed by atoms with Crippen LogP contribution in [-0.2, 0) is 13.0 Å². The Hall–Kier alpha value is -1.19. The number of nitrogens with zero attached hydrogens (tertiary/aromatic N) is 1. The van der Waals surface area contributed by atoms with E-state index in [2.05, 4.69) is 41.9 Å². The van der Waals surface area contributed by atoms with Crippen LogP contribution < -0.4 is 5.32 Å². The van der Waals surface area contributed by atoms with Crippen LogP contribution in [0.2, 0.25) is 0 Å². The molecule has 0 radical (unpaired) electrons. The molecule has 0 saturated heterocycles. The van der Waals surface area contributed by atoms with Gasteiger partial charge in [0.05, 0.1) is 5.69 Å². The third-order valence-electron chi connectivity index (χ3n) is 3.75. The van der Waals surface area contributed by atoms with Gasteiger partial charge < -0.3 is 5.32 Å². The van der Waals surface area contributed by atoms with Crippen molar-refractivity contribution >= 4 is 11.3 Å². The van der Waals surface area contributed by atoms with Gasteiger partial charge in [-0.25, -0.2) is 4.98 Å². The lowest BCUT2D eigenvalue weighted by atomic mass is 10.1. The summed E-state index contributed by atoms with van der Waals surface area (Å²) >= 11 is 1.76. The first-order chi connectivity index (χ1) is 9.85. The lowest BCUT2D eigenvalue weighted by Crippen LogP contribution is -2.15. The standard InChI is InChI=1S/C17H22N2S/c1-2-3-13-6-8-15(9-7-13)16-12-20-17(19-16)11-18-10-14-4-5-14/h6-9,12,14,18H,2-5,10-11H2,1H3. The number of hydrogen-bond acceptors (Lipinski definition) is 3. The van der Waals surface area contributed by atoms with Crippen LogP contribution in [0.3, 0.4) is 0 Å². The highest BCUT2D eigenvalue weighted by Crippen LogP contribution is 2.28. The summed E-state index contributed by atoms with van der Waals surface area (Å²) in [5, 5.41) is 6.86. The highest BCUT2D eigenvalue weighted by Gasteiger charge is 2.20. The van der Waals surface area contributed by atoms with Crippen molar-refractivity contribution in [3.63, 3.8) is 0 Å². The normalized spacial score (nSPS) is 14.7. The third-order valence-corrected chi connectivity index (χ3v) is 4.60. The molecular weight excluding hydrogens is 264 g/mol. The topological polar surface area (TPSA) is 24.9 Å². The molecule has 0 aliphatic heterocycles. The van der Waals surface area contributed by atoms with Gasteiger partial charge in [0.2, 0.25) is 0 Å². The van der Waals surface area contributed by atoms with Crippen molar-refractivity contribution in [3.05, 3.63) is 40.2 Å². The van der Waals surface area contributed by atoms with Gasteiger partial charge in [0.25, 0.3) is 0 Å². The first-order valence-electron chi connectivity index (χ1n) is 7.59. The zero-order valence-corrected chi connectivity index (χ0v) is 12.9. The van der Waals surface area contributed by atoms with E-state index in [-0.39, 0.29) is 0 Å². The van der Waals surface area contributed by atoms with Gasteiger partial charge >= 0.3 is 0 Å². The fourth-order valence-corrected chi connectivity index (χ4v) is 3.13. The van der Waals surface area contributed by atoms with Gasteiger partial charge in [-0.1, -0.05) is 37.6 Å². The van der Waals surface area contributed by atoms with E-state index in [0.29, 0.717) is 0 Å². The molecular formula is C17H22N2S. The quantitative estimate of drug-likeness (QED) is 0.822. The molecule has 1 aromatic heterocycles. The Kier molecular flexibility index (Phi) is 4.48. The molecule has 0 spiro atoms. The van der Waals surface area contributed by atoms with Crippen molar-refractivity contribution in [2.75, 3.05) is 6.54 Å². The van der Waals surface area contributed by atoms with Crippen LogP contribution in [0, 0.1) is 5.92 Å². The summed E-state index contributed by atoms with van der Waals surface area (Å²) in [4.78, 5) is 4.73. The van der Waals surface area contributed by atoms with E-state index < -0.39 is 0 Å². The van der Waals surface area contributed by atoms with Crippen LogP contribution in [0.15, 0.2) is 29.6 Å². The van der Waals surface area contributed by atoms with Gasteiger partial charge in [-0.15, -0.1) is 11.3 Å². The second-order valence-electron chi connectivity index (χ2n) is 5.65. The van der Waals surface area contributed by atoms with Crippen LogP contribution >= 0.6 is 11.3 Å². The van der Waals surface area contributed by atoms with E-state index >= 15 is 0 Å². The Morgan fingerprint density at radius 2 is 2.05 bits per heavy atom. The van der Waals surface area contributed by atoms with Crippen molar-refractivity contribution in [3.8, 4) is 11.3 Å². The fraction of sp³-hybridized carbons (Fsp3) is 0.471. The molecule has 3 rings (SSSR count). The molecule has 1 aliphatic rings. The largest absolute Gasteiger partial charge is 0.310 e. The van der Waals surface area contributed by atoms with Crippen LogP contribution in [0.4, 0.5) is 0 Å². The first-order valence-corrected chi connectivity index (χ1v) is 8.47. The molecule has 3 heteroatoms. The first kappa shape index (κ1) is 13.8. The van der Waals surface area contributed by atoms with Gasteiger partial charge in [0.15, 0.2) is 0 Å². The Balaban J connectivity index is 1.59. The summed E-state index contributed by atoms with van der Waals surface area (Å²) in [6.07, 6.45) is 5.17. The Bertz CT molecular complexity index is 540. The SMILES string of the molecule is CCCc1ccc(-c2csc(CNCC3CC3)n2)cc1. The number of benzene rings is 1. The average molecular weight is 286 g/mol. The Morgan fingerprint density at radius 3 is 2.75 bits per heavy atom. The molecule has 0 bridgehead atoms. The maximum atomic E-state index is 4.73. The molecule has 0 unspecified atom stereocenters. The number of nitrogens with one attached hydrogen (secondary N) is 1. The minimum atomic E-state index is 0.912. The number of aromatic nitrogens is 1. The highest BCUT2D eigenvalue weighted by molar-refractivity contribution is 7.09. The summed E-state index contributed by atoms with van der Waals surface area (Å²) < 4.78 is 0. The summed E-state index contributed by atoms with van der Waals surface area (Å²) in [6, 6.07) is 8.84. The van der Waals surface area contributed by atoms with Gasteiger partial charge in [-0.2, -0.15) is 0 Å². The van der Waals surface area contributed by atoms with Crippen LogP contribution in [-0.4, -0.2) is 11.5 Å². The second kappa shape index (κ2) is 6.51. The molecule has 1 fully saturated rings. The van der Waals surface area contributed by atoms with Crippen molar-refractivity contribution < 1.29 is 0 Å². The van der Waals surface area contributed by atoms with Crippen molar-refractivity contribution in [2.24, 2.45) is 5.92 Å². The molecule has 106 valence electrons. The van der Waals surface area contributed by atoms with Crippen LogP contribution in [0.25, 0.3) is 11.3 Å². The van der Waals surface area contributed by atoms with Gasteiger partial charge in [-0.3, -0.25) is 0 Å². The van der Waals surface area contributed by atoms with Crippen molar-refractivity contribution in [2.45, 2.75) is 39.2 Å². The number of rotatable bonds is 7. The fourth-order valence-electron chi connectivity index (χ4n) is 2.36. The molecule has 1 aromatic carbocycles. The average Bonchev–Trinajstić information content (AvgIpc) is 3.17. The van der Waals surface area contributed by atoms with Gasteiger partial charge in [0.1, 0.15) is 5.01 Å². The van der Waals surface area contributed by atoms with E-state index in [1.54, 1.807) is 11.3 Å². The van der Waals surface area contributed by atoms with Gasteiger partial charge in [-0.05, 0) is 37.3 Å². The molecule has 0 amide bonds. The van der Waals surface area contributed by atoms with Crippen molar-refractivity contribution in [1.29, 1.82) is 0 Å². The summed E-state index contributed by atoms with van der Waals surface area (Å²) in [5.41, 5.74) is 3.76. The molecule has 20 heavy (non-hydrogen) atoms. The molecule has 0 atom stereocenters. The van der Waals surface area contributed by atoms with Crippen LogP contribution in [0.5, 0.6) is 0 Å². The third kappa shape index (κ3) is 3.68.